The standard InChI is InChI=1S/C9H16N4OS/c1-4-7(9(14)11-10)15-8-5-6(2)12-13(8)3/h5,7H,4,10H2,1-3H3,(H,11,14). The maximum atomic E-state index is 11.4. The number of carbonyl (C=O) groups excluding carboxylic acids is 1. The molecule has 5 nitrogen and oxygen atoms in total. The largest absolute Gasteiger partial charge is 0.293 e. The van der Waals surface area contributed by atoms with E-state index in [4.69, 9.17) is 5.84 Å². The molecule has 0 fully saturated rings. The smallest absolute Gasteiger partial charge is 0.247 e. The summed E-state index contributed by atoms with van der Waals surface area (Å²) < 4.78 is 1.77. The summed E-state index contributed by atoms with van der Waals surface area (Å²) in [6.07, 6.45) is 0.734. The maximum absolute atomic E-state index is 11.4. The predicted molar refractivity (Wildman–Crippen MR) is 60.2 cm³/mol. The average Bonchev–Trinajstić information content (AvgIpc) is 2.52. The topological polar surface area (TPSA) is 72.9 Å². The van der Waals surface area contributed by atoms with Gasteiger partial charge in [-0.15, -0.1) is 0 Å². The minimum absolute atomic E-state index is 0.152. The summed E-state index contributed by atoms with van der Waals surface area (Å²) in [6, 6.07) is 1.96. The van der Waals surface area contributed by atoms with Crippen molar-refractivity contribution in [2.45, 2.75) is 30.5 Å². The van der Waals surface area contributed by atoms with E-state index >= 15 is 0 Å². The van der Waals surface area contributed by atoms with Gasteiger partial charge in [-0.25, -0.2) is 5.84 Å². The van der Waals surface area contributed by atoms with E-state index in [9.17, 15) is 4.79 Å². The SMILES string of the molecule is CCC(Sc1cc(C)nn1C)C(=O)NN. The number of nitrogens with one attached hydrogen (secondary N) is 1. The van der Waals surface area contributed by atoms with Crippen LogP contribution in [-0.4, -0.2) is 20.9 Å². The van der Waals surface area contributed by atoms with Crippen molar-refractivity contribution in [2.24, 2.45) is 12.9 Å². The van der Waals surface area contributed by atoms with Gasteiger partial charge in [0, 0.05) is 7.05 Å². The third kappa shape index (κ3) is 2.97. The van der Waals surface area contributed by atoms with Crippen LogP contribution in [0.1, 0.15) is 19.0 Å². The van der Waals surface area contributed by atoms with Crippen LogP contribution in [0.25, 0.3) is 0 Å². The number of carbonyl (C=O) groups is 1. The fourth-order valence-electron chi connectivity index (χ4n) is 1.26. The summed E-state index contributed by atoms with van der Waals surface area (Å²) >= 11 is 1.48. The molecule has 1 rings (SSSR count). The minimum Gasteiger partial charge on any atom is -0.293 e. The number of nitrogens with zero attached hydrogens (tertiary/aromatic N) is 2. The Balaban J connectivity index is 2.74. The summed E-state index contributed by atoms with van der Waals surface area (Å²) in [5, 5.41) is 5.03. The van der Waals surface area contributed by atoms with Gasteiger partial charge in [-0.2, -0.15) is 5.10 Å². The molecule has 0 aromatic carbocycles. The highest BCUT2D eigenvalue weighted by molar-refractivity contribution is 8.00. The Morgan fingerprint density at radius 2 is 2.47 bits per heavy atom. The number of hydrogen-bond acceptors (Lipinski definition) is 4. The first kappa shape index (κ1) is 12.1. The van der Waals surface area contributed by atoms with Gasteiger partial charge in [0.25, 0.3) is 0 Å². The van der Waals surface area contributed by atoms with Gasteiger partial charge in [-0.05, 0) is 19.4 Å². The van der Waals surface area contributed by atoms with Crippen molar-refractivity contribution in [3.8, 4) is 0 Å². The number of thioether (sulfide) groups is 1. The van der Waals surface area contributed by atoms with E-state index < -0.39 is 0 Å². The highest BCUT2D eigenvalue weighted by atomic mass is 32.2. The van der Waals surface area contributed by atoms with Crippen LogP contribution in [-0.2, 0) is 11.8 Å². The van der Waals surface area contributed by atoms with Gasteiger partial charge in [0.15, 0.2) is 0 Å². The number of aryl methyl sites for hydroxylation is 2. The van der Waals surface area contributed by atoms with Crippen molar-refractivity contribution in [3.05, 3.63) is 11.8 Å². The fourth-order valence-corrected chi connectivity index (χ4v) is 2.32. The predicted octanol–water partition coefficient (Wildman–Crippen LogP) is 0.589. The molecular formula is C9H16N4OS. The first-order valence-electron chi connectivity index (χ1n) is 4.76. The van der Waals surface area contributed by atoms with Crippen LogP contribution in [0, 0.1) is 6.92 Å². The van der Waals surface area contributed by atoms with E-state index in [1.54, 1.807) is 4.68 Å². The fraction of sp³-hybridized carbons (Fsp3) is 0.556. The molecule has 1 heterocycles. The zero-order valence-corrected chi connectivity index (χ0v) is 9.97. The van der Waals surface area contributed by atoms with Crippen molar-refractivity contribution < 1.29 is 4.79 Å². The molecule has 15 heavy (non-hydrogen) atoms. The summed E-state index contributed by atoms with van der Waals surface area (Å²) in [5.74, 6) is 4.96. The van der Waals surface area contributed by atoms with Crippen LogP contribution < -0.4 is 11.3 Å². The second-order valence-electron chi connectivity index (χ2n) is 3.27. The molecule has 1 aromatic rings. The van der Waals surface area contributed by atoms with Gasteiger partial charge < -0.3 is 0 Å². The molecule has 3 N–H and O–H groups in total. The van der Waals surface area contributed by atoms with Crippen LogP contribution in [0.5, 0.6) is 0 Å². The van der Waals surface area contributed by atoms with E-state index in [1.165, 1.54) is 11.8 Å². The Hall–Kier alpha value is -1.01. The van der Waals surface area contributed by atoms with E-state index in [0.29, 0.717) is 0 Å². The number of hydrogen-bond donors (Lipinski definition) is 2. The number of nitrogens with two attached hydrogens (primary N) is 1. The Morgan fingerprint density at radius 3 is 2.87 bits per heavy atom. The number of amides is 1. The molecule has 1 aromatic heterocycles. The molecule has 1 atom stereocenters. The molecule has 0 spiro atoms. The van der Waals surface area contributed by atoms with Crippen LogP contribution in [0.2, 0.25) is 0 Å². The zero-order valence-electron chi connectivity index (χ0n) is 9.15. The second-order valence-corrected chi connectivity index (χ2v) is 4.49. The second kappa shape index (κ2) is 5.18. The first-order chi connectivity index (χ1) is 7.08. The monoisotopic (exact) mass is 228 g/mol. The van der Waals surface area contributed by atoms with Gasteiger partial charge in [0.2, 0.25) is 5.91 Å². The van der Waals surface area contributed by atoms with Gasteiger partial charge >= 0.3 is 0 Å². The molecule has 0 aliphatic rings. The Morgan fingerprint density at radius 1 is 1.80 bits per heavy atom. The van der Waals surface area contributed by atoms with Crippen molar-refractivity contribution in [3.63, 3.8) is 0 Å². The molecule has 84 valence electrons. The Kier molecular flexibility index (Phi) is 4.16. The lowest BCUT2D eigenvalue weighted by molar-refractivity contribution is -0.120. The Labute approximate surface area is 93.4 Å². The van der Waals surface area contributed by atoms with Gasteiger partial charge in [0.1, 0.15) is 0 Å². The molecule has 0 bridgehead atoms. The summed E-state index contributed by atoms with van der Waals surface area (Å²) in [6.45, 7) is 3.88. The van der Waals surface area contributed by atoms with Crippen LogP contribution in [0.3, 0.4) is 0 Å². The minimum atomic E-state index is -0.162. The van der Waals surface area contributed by atoms with Gasteiger partial charge in [0.05, 0.1) is 16.0 Å². The summed E-state index contributed by atoms with van der Waals surface area (Å²) in [4.78, 5) is 11.4. The molecule has 6 heteroatoms. The molecular weight excluding hydrogens is 212 g/mol. The zero-order chi connectivity index (χ0) is 11.4. The third-order valence-electron chi connectivity index (χ3n) is 2.03. The number of rotatable bonds is 4. The quantitative estimate of drug-likeness (QED) is 0.342. The van der Waals surface area contributed by atoms with E-state index in [2.05, 4.69) is 10.5 Å². The average molecular weight is 228 g/mol. The molecule has 0 aliphatic heterocycles. The van der Waals surface area contributed by atoms with Crippen molar-refractivity contribution >= 4 is 17.7 Å². The van der Waals surface area contributed by atoms with Crippen molar-refractivity contribution in [1.82, 2.24) is 15.2 Å². The van der Waals surface area contributed by atoms with Crippen LogP contribution in [0.15, 0.2) is 11.1 Å². The molecule has 0 radical (unpaired) electrons. The highest BCUT2D eigenvalue weighted by Gasteiger charge is 2.18. The lowest BCUT2D eigenvalue weighted by Gasteiger charge is -2.11. The van der Waals surface area contributed by atoms with Gasteiger partial charge in [-0.3, -0.25) is 14.9 Å². The summed E-state index contributed by atoms with van der Waals surface area (Å²) in [5.41, 5.74) is 3.12. The molecule has 1 unspecified atom stereocenters. The van der Waals surface area contributed by atoms with Gasteiger partial charge in [-0.1, -0.05) is 18.7 Å². The molecule has 1 amide bonds. The molecule has 0 aliphatic carbocycles. The third-order valence-corrected chi connectivity index (χ3v) is 3.48. The highest BCUT2D eigenvalue weighted by Crippen LogP contribution is 2.25. The van der Waals surface area contributed by atoms with E-state index in [-0.39, 0.29) is 11.2 Å². The first-order valence-corrected chi connectivity index (χ1v) is 5.64. The molecule has 0 saturated heterocycles. The lowest BCUT2D eigenvalue weighted by Crippen LogP contribution is -2.37. The summed E-state index contributed by atoms with van der Waals surface area (Å²) in [7, 11) is 1.86. The van der Waals surface area contributed by atoms with Crippen LogP contribution >= 0.6 is 11.8 Å². The van der Waals surface area contributed by atoms with E-state index in [1.807, 2.05) is 27.0 Å². The normalized spacial score (nSPS) is 12.5. The van der Waals surface area contributed by atoms with Crippen molar-refractivity contribution in [2.75, 3.05) is 0 Å². The Bertz CT molecular complexity index is 350. The number of hydrazine groups is 1. The van der Waals surface area contributed by atoms with Crippen LogP contribution in [0.4, 0.5) is 0 Å². The van der Waals surface area contributed by atoms with E-state index in [0.717, 1.165) is 17.1 Å². The van der Waals surface area contributed by atoms with Crippen molar-refractivity contribution in [1.29, 1.82) is 0 Å². The lowest BCUT2D eigenvalue weighted by atomic mass is 10.3. The maximum Gasteiger partial charge on any atom is 0.247 e. The number of aromatic nitrogens is 2. The molecule has 0 saturated carbocycles.